The van der Waals surface area contributed by atoms with Gasteiger partial charge < -0.3 is 5.32 Å². The van der Waals surface area contributed by atoms with Crippen LogP contribution in [0, 0.1) is 5.82 Å². The molecule has 0 aromatic heterocycles. The maximum absolute atomic E-state index is 13.8. The Kier molecular flexibility index (Phi) is 4.66. The standard InChI is InChI=1S/C12H15FN2O3S2/c13-9-7-8(20(14,17)18)4-5-10(9)15-12(16)11-3-1-2-6-19-11/h4-5,7,11H,1-3,6H2,(H,15,16)(H2,14,17,18). The fourth-order valence-corrected chi connectivity index (χ4v) is 3.66. The van der Waals surface area contributed by atoms with Crippen molar-refractivity contribution in [2.45, 2.75) is 29.4 Å². The Bertz CT molecular complexity index is 613. The molecule has 0 radical (unpaired) electrons. The van der Waals surface area contributed by atoms with Crippen LogP contribution in [-0.4, -0.2) is 25.3 Å². The van der Waals surface area contributed by atoms with Crippen molar-refractivity contribution in [3.05, 3.63) is 24.0 Å². The molecule has 1 aliphatic rings. The van der Waals surface area contributed by atoms with E-state index in [0.717, 1.165) is 31.1 Å². The smallest absolute Gasteiger partial charge is 0.238 e. The fourth-order valence-electron chi connectivity index (χ4n) is 1.93. The Morgan fingerprint density at radius 3 is 2.70 bits per heavy atom. The minimum Gasteiger partial charge on any atom is -0.323 e. The van der Waals surface area contributed by atoms with Gasteiger partial charge >= 0.3 is 0 Å². The summed E-state index contributed by atoms with van der Waals surface area (Å²) in [4.78, 5) is 11.6. The van der Waals surface area contributed by atoms with Gasteiger partial charge in [-0.05, 0) is 36.8 Å². The zero-order valence-corrected chi connectivity index (χ0v) is 12.3. The number of carbonyl (C=O) groups is 1. The number of sulfonamides is 1. The minimum absolute atomic E-state index is 0.0337. The molecule has 1 saturated heterocycles. The first-order valence-electron chi connectivity index (χ1n) is 6.13. The predicted octanol–water partition coefficient (Wildman–Crippen LogP) is 1.70. The van der Waals surface area contributed by atoms with Crippen LogP contribution in [0.25, 0.3) is 0 Å². The van der Waals surface area contributed by atoms with E-state index in [4.69, 9.17) is 5.14 Å². The quantitative estimate of drug-likeness (QED) is 0.887. The van der Waals surface area contributed by atoms with Crippen LogP contribution >= 0.6 is 11.8 Å². The van der Waals surface area contributed by atoms with Gasteiger partial charge in [0.1, 0.15) is 5.82 Å². The molecule has 1 unspecified atom stereocenters. The maximum atomic E-state index is 13.8. The van der Waals surface area contributed by atoms with E-state index in [1.165, 1.54) is 12.1 Å². The van der Waals surface area contributed by atoms with Crippen molar-refractivity contribution in [1.29, 1.82) is 0 Å². The zero-order valence-electron chi connectivity index (χ0n) is 10.6. The second-order valence-corrected chi connectivity index (χ2v) is 7.40. The van der Waals surface area contributed by atoms with Gasteiger partial charge in [0.05, 0.1) is 15.8 Å². The van der Waals surface area contributed by atoms with Gasteiger partial charge in [-0.1, -0.05) is 6.42 Å². The molecule has 0 aliphatic carbocycles. The lowest BCUT2D eigenvalue weighted by Crippen LogP contribution is -2.28. The molecule has 8 heteroatoms. The molecule has 0 saturated carbocycles. The van der Waals surface area contributed by atoms with Crippen LogP contribution in [0.15, 0.2) is 23.1 Å². The average Bonchev–Trinajstić information content (AvgIpc) is 2.41. The number of amides is 1. The zero-order chi connectivity index (χ0) is 14.8. The molecular weight excluding hydrogens is 303 g/mol. The van der Waals surface area contributed by atoms with E-state index in [2.05, 4.69) is 5.32 Å². The van der Waals surface area contributed by atoms with E-state index < -0.39 is 15.8 Å². The molecule has 1 atom stereocenters. The van der Waals surface area contributed by atoms with Crippen molar-refractivity contribution in [1.82, 2.24) is 0 Å². The van der Waals surface area contributed by atoms with Gasteiger partial charge in [-0.15, -0.1) is 11.8 Å². The predicted molar refractivity (Wildman–Crippen MR) is 76.5 cm³/mol. The van der Waals surface area contributed by atoms with Crippen molar-refractivity contribution >= 4 is 33.4 Å². The summed E-state index contributed by atoms with van der Waals surface area (Å²) in [5, 5.41) is 7.22. The molecule has 1 heterocycles. The van der Waals surface area contributed by atoms with Crippen molar-refractivity contribution in [2.24, 2.45) is 5.14 Å². The number of nitrogens with two attached hydrogens (primary N) is 1. The largest absolute Gasteiger partial charge is 0.323 e. The summed E-state index contributed by atoms with van der Waals surface area (Å²) in [5.74, 6) is -0.145. The number of benzene rings is 1. The molecule has 3 N–H and O–H groups in total. The van der Waals surface area contributed by atoms with E-state index in [1.54, 1.807) is 11.8 Å². The minimum atomic E-state index is -3.95. The molecule has 20 heavy (non-hydrogen) atoms. The summed E-state index contributed by atoms with van der Waals surface area (Å²) >= 11 is 1.55. The lowest BCUT2D eigenvalue weighted by molar-refractivity contribution is -0.115. The van der Waals surface area contributed by atoms with E-state index in [1.807, 2.05) is 0 Å². The van der Waals surface area contributed by atoms with Crippen molar-refractivity contribution < 1.29 is 17.6 Å². The number of hydrogen-bond donors (Lipinski definition) is 2. The first-order valence-corrected chi connectivity index (χ1v) is 8.72. The highest BCUT2D eigenvalue weighted by Gasteiger charge is 2.22. The molecule has 1 fully saturated rings. The van der Waals surface area contributed by atoms with Gasteiger partial charge in [-0.2, -0.15) is 0 Å². The van der Waals surface area contributed by atoms with Gasteiger partial charge in [0.15, 0.2) is 0 Å². The van der Waals surface area contributed by atoms with Crippen LogP contribution in [0.1, 0.15) is 19.3 Å². The summed E-state index contributed by atoms with van der Waals surface area (Å²) in [6.07, 6.45) is 2.84. The molecular formula is C12H15FN2O3S2. The molecule has 0 spiro atoms. The summed E-state index contributed by atoms with van der Waals surface area (Å²) in [7, 11) is -3.95. The number of rotatable bonds is 3. The van der Waals surface area contributed by atoms with Gasteiger partial charge in [-0.25, -0.2) is 17.9 Å². The summed E-state index contributed by atoms with van der Waals surface area (Å²) in [6, 6.07) is 3.18. The normalized spacial score (nSPS) is 19.6. The highest BCUT2D eigenvalue weighted by Crippen LogP contribution is 2.27. The lowest BCUT2D eigenvalue weighted by atomic mass is 10.2. The lowest BCUT2D eigenvalue weighted by Gasteiger charge is -2.20. The van der Waals surface area contributed by atoms with Crippen molar-refractivity contribution in [2.75, 3.05) is 11.1 Å². The third-order valence-electron chi connectivity index (χ3n) is 3.00. The van der Waals surface area contributed by atoms with Gasteiger partial charge in [0, 0.05) is 0 Å². The first kappa shape index (κ1) is 15.3. The second kappa shape index (κ2) is 6.11. The van der Waals surface area contributed by atoms with Crippen LogP contribution < -0.4 is 10.5 Å². The Balaban J connectivity index is 2.11. The second-order valence-electron chi connectivity index (χ2n) is 4.53. The van der Waals surface area contributed by atoms with Gasteiger partial charge in [0.25, 0.3) is 0 Å². The van der Waals surface area contributed by atoms with Crippen molar-refractivity contribution in [3.63, 3.8) is 0 Å². The van der Waals surface area contributed by atoms with E-state index in [9.17, 15) is 17.6 Å². The number of thioether (sulfide) groups is 1. The van der Waals surface area contributed by atoms with E-state index >= 15 is 0 Å². The number of nitrogens with one attached hydrogen (secondary N) is 1. The third-order valence-corrected chi connectivity index (χ3v) is 5.29. The molecule has 1 aliphatic heterocycles. The SMILES string of the molecule is NS(=O)(=O)c1ccc(NC(=O)C2CCCCS2)c(F)c1. The molecule has 110 valence electrons. The Morgan fingerprint density at radius 1 is 1.40 bits per heavy atom. The number of halogens is 1. The van der Waals surface area contributed by atoms with Crippen molar-refractivity contribution in [3.8, 4) is 0 Å². The van der Waals surface area contributed by atoms with Crippen LogP contribution in [0.5, 0.6) is 0 Å². The Morgan fingerprint density at radius 2 is 2.15 bits per heavy atom. The Hall–Kier alpha value is -1.12. The summed E-state index contributed by atoms with van der Waals surface area (Å²) in [5.41, 5.74) is -0.0337. The van der Waals surface area contributed by atoms with Crippen LogP contribution in [0.4, 0.5) is 10.1 Å². The summed E-state index contributed by atoms with van der Waals surface area (Å²) in [6.45, 7) is 0. The fraction of sp³-hybridized carbons (Fsp3) is 0.417. The summed E-state index contributed by atoms with van der Waals surface area (Å²) < 4.78 is 35.9. The molecule has 0 bridgehead atoms. The highest BCUT2D eigenvalue weighted by atomic mass is 32.2. The van der Waals surface area contributed by atoms with Gasteiger partial charge in [0.2, 0.25) is 15.9 Å². The number of hydrogen-bond acceptors (Lipinski definition) is 4. The molecule has 1 aromatic rings. The molecule has 2 rings (SSSR count). The van der Waals surface area contributed by atoms with Crippen LogP contribution in [0.3, 0.4) is 0 Å². The van der Waals surface area contributed by atoms with Crippen LogP contribution in [-0.2, 0) is 14.8 Å². The average molecular weight is 318 g/mol. The van der Waals surface area contributed by atoms with Gasteiger partial charge in [-0.3, -0.25) is 4.79 Å². The maximum Gasteiger partial charge on any atom is 0.238 e. The van der Waals surface area contributed by atoms with E-state index in [-0.39, 0.29) is 21.7 Å². The monoisotopic (exact) mass is 318 g/mol. The highest BCUT2D eigenvalue weighted by molar-refractivity contribution is 8.00. The molecule has 1 amide bonds. The number of carbonyl (C=O) groups excluding carboxylic acids is 1. The van der Waals surface area contributed by atoms with E-state index in [0.29, 0.717) is 0 Å². The van der Waals surface area contributed by atoms with Crippen LogP contribution in [0.2, 0.25) is 0 Å². The topological polar surface area (TPSA) is 89.3 Å². The Labute approximate surface area is 121 Å². The number of primary sulfonamides is 1. The molecule has 1 aromatic carbocycles. The first-order chi connectivity index (χ1) is 9.38. The third kappa shape index (κ3) is 3.71. The molecule has 5 nitrogen and oxygen atoms in total. The number of anilines is 1.